The van der Waals surface area contributed by atoms with Crippen LogP contribution in [0.1, 0.15) is 23.6 Å². The summed E-state index contributed by atoms with van der Waals surface area (Å²) in [6.07, 6.45) is 0.667. The minimum atomic E-state index is -3.76. The maximum absolute atomic E-state index is 11.1. The third kappa shape index (κ3) is 2.49. The Kier molecular flexibility index (Phi) is 3.38. The average molecular weight is 244 g/mol. The van der Waals surface area contributed by atoms with Gasteiger partial charge in [0.25, 0.3) is 9.05 Å². The highest BCUT2D eigenvalue weighted by Crippen LogP contribution is 2.22. The Balaban J connectivity index is 3.56. The van der Waals surface area contributed by atoms with Gasteiger partial charge in [0.15, 0.2) is 0 Å². The Morgan fingerprint density at radius 1 is 1.47 bits per heavy atom. The molecule has 80 valence electrons. The summed E-state index contributed by atoms with van der Waals surface area (Å²) in [7, 11) is 1.47. The van der Waals surface area contributed by atoms with Crippen LogP contribution in [0.2, 0.25) is 0 Å². The Morgan fingerprint density at radius 2 is 2.07 bits per heavy atom. The summed E-state index contributed by atoms with van der Waals surface area (Å²) in [4.78, 5) is -0.0110. The topological polar surface area (TPSA) is 57.9 Å². The molecule has 1 aromatic rings. The summed E-state index contributed by atoms with van der Waals surface area (Å²) >= 11 is 0. The van der Waals surface area contributed by atoms with Crippen LogP contribution in [0.5, 0.6) is 0 Å². The van der Waals surface area contributed by atoms with Gasteiger partial charge in [-0.15, -0.1) is 0 Å². The summed E-state index contributed by atoms with van der Waals surface area (Å²) < 4.78 is 22.3. The molecule has 1 aromatic carbocycles. The van der Waals surface area contributed by atoms with E-state index in [4.69, 9.17) is 15.9 Å². The van der Waals surface area contributed by atoms with Crippen LogP contribution < -0.4 is 0 Å². The number of hydrogen-bond donors (Lipinski definition) is 0. The second-order valence-electron chi connectivity index (χ2n) is 3.16. The van der Waals surface area contributed by atoms with Crippen molar-refractivity contribution < 1.29 is 8.42 Å². The second-order valence-corrected chi connectivity index (χ2v) is 5.72. The largest absolute Gasteiger partial charge is 0.261 e. The molecule has 3 nitrogen and oxygen atoms in total. The average Bonchev–Trinajstić information content (AvgIpc) is 2.16. The molecule has 0 aliphatic heterocycles. The van der Waals surface area contributed by atoms with Crippen LogP contribution in [-0.2, 0) is 15.5 Å². The molecule has 0 radical (unpaired) electrons. The van der Waals surface area contributed by atoms with Crippen LogP contribution in [0.15, 0.2) is 17.0 Å². The lowest BCUT2D eigenvalue weighted by Crippen LogP contribution is -1.98. The van der Waals surface area contributed by atoms with Crippen molar-refractivity contribution in [1.29, 1.82) is 5.26 Å². The van der Waals surface area contributed by atoms with Gasteiger partial charge in [-0.2, -0.15) is 5.26 Å². The number of benzene rings is 1. The number of nitriles is 1. The summed E-state index contributed by atoms with van der Waals surface area (Å²) in [5.41, 5.74) is 1.99. The lowest BCUT2D eigenvalue weighted by molar-refractivity contribution is 0.609. The monoisotopic (exact) mass is 243 g/mol. The molecule has 0 spiro atoms. The van der Waals surface area contributed by atoms with Crippen molar-refractivity contribution in [3.8, 4) is 6.07 Å². The van der Waals surface area contributed by atoms with Crippen LogP contribution in [-0.4, -0.2) is 8.42 Å². The van der Waals surface area contributed by atoms with Crippen molar-refractivity contribution in [3.05, 3.63) is 28.8 Å². The van der Waals surface area contributed by atoms with Crippen molar-refractivity contribution in [1.82, 2.24) is 0 Å². The first kappa shape index (κ1) is 12.0. The molecule has 0 bridgehead atoms. The van der Waals surface area contributed by atoms with Crippen LogP contribution in [0, 0.1) is 18.3 Å². The molecule has 0 atom stereocenters. The van der Waals surface area contributed by atoms with Gasteiger partial charge in [0, 0.05) is 10.7 Å². The van der Waals surface area contributed by atoms with E-state index in [2.05, 4.69) is 0 Å². The highest BCUT2D eigenvalue weighted by molar-refractivity contribution is 8.13. The molecule has 5 heteroatoms. The van der Waals surface area contributed by atoms with Gasteiger partial charge in [-0.05, 0) is 36.6 Å². The normalized spacial score (nSPS) is 11.1. The Labute approximate surface area is 93.7 Å². The zero-order chi connectivity index (χ0) is 11.6. The van der Waals surface area contributed by atoms with Crippen LogP contribution in [0.4, 0.5) is 0 Å². The lowest BCUT2D eigenvalue weighted by Gasteiger charge is -2.07. The summed E-state index contributed by atoms with van der Waals surface area (Å²) in [6.45, 7) is 3.69. The molecule has 0 unspecified atom stereocenters. The zero-order valence-electron chi connectivity index (χ0n) is 8.41. The second kappa shape index (κ2) is 4.21. The quantitative estimate of drug-likeness (QED) is 0.750. The fourth-order valence-corrected chi connectivity index (χ4v) is 2.18. The minimum Gasteiger partial charge on any atom is -0.207 e. The minimum absolute atomic E-state index is 0.0110. The van der Waals surface area contributed by atoms with E-state index in [0.29, 0.717) is 12.0 Å². The SMILES string of the molecule is CCc1cc(S(=O)(=O)Cl)cc(C#N)c1C. The summed E-state index contributed by atoms with van der Waals surface area (Å²) in [5, 5.41) is 8.84. The summed E-state index contributed by atoms with van der Waals surface area (Å²) in [5.74, 6) is 0. The molecule has 0 N–H and O–H groups in total. The molecule has 0 saturated heterocycles. The van der Waals surface area contributed by atoms with E-state index >= 15 is 0 Å². The van der Waals surface area contributed by atoms with Gasteiger partial charge in [-0.3, -0.25) is 0 Å². The first-order chi connectivity index (χ1) is 6.90. The van der Waals surface area contributed by atoms with Crippen molar-refractivity contribution in [3.63, 3.8) is 0 Å². The van der Waals surface area contributed by atoms with E-state index in [1.54, 1.807) is 6.92 Å². The molecule has 1 rings (SSSR count). The first-order valence-electron chi connectivity index (χ1n) is 4.38. The Hall–Kier alpha value is -1.05. The Morgan fingerprint density at radius 3 is 2.47 bits per heavy atom. The van der Waals surface area contributed by atoms with Crippen molar-refractivity contribution in [2.75, 3.05) is 0 Å². The molecule has 0 saturated carbocycles. The molecule has 0 fully saturated rings. The molecular weight excluding hydrogens is 234 g/mol. The van der Waals surface area contributed by atoms with Gasteiger partial charge >= 0.3 is 0 Å². The van der Waals surface area contributed by atoms with Crippen molar-refractivity contribution in [2.24, 2.45) is 0 Å². The highest BCUT2D eigenvalue weighted by Gasteiger charge is 2.14. The van der Waals surface area contributed by atoms with E-state index in [0.717, 1.165) is 11.1 Å². The van der Waals surface area contributed by atoms with E-state index in [1.807, 2.05) is 13.0 Å². The smallest absolute Gasteiger partial charge is 0.207 e. The van der Waals surface area contributed by atoms with Gasteiger partial charge in [0.2, 0.25) is 0 Å². The maximum atomic E-state index is 11.1. The van der Waals surface area contributed by atoms with Crippen molar-refractivity contribution in [2.45, 2.75) is 25.2 Å². The van der Waals surface area contributed by atoms with Crippen molar-refractivity contribution >= 4 is 19.7 Å². The van der Waals surface area contributed by atoms with Gasteiger partial charge in [0.1, 0.15) is 0 Å². The van der Waals surface area contributed by atoms with Gasteiger partial charge < -0.3 is 0 Å². The molecular formula is C10H10ClNO2S. The predicted molar refractivity (Wildman–Crippen MR) is 58.3 cm³/mol. The van der Waals surface area contributed by atoms with Gasteiger partial charge in [-0.1, -0.05) is 6.92 Å². The van der Waals surface area contributed by atoms with E-state index in [9.17, 15) is 8.42 Å². The van der Waals surface area contributed by atoms with Gasteiger partial charge in [-0.25, -0.2) is 8.42 Å². The summed E-state index contributed by atoms with van der Waals surface area (Å²) in [6, 6.07) is 4.77. The first-order valence-corrected chi connectivity index (χ1v) is 6.69. The van der Waals surface area contributed by atoms with E-state index < -0.39 is 9.05 Å². The molecule has 0 aliphatic carbocycles. The fourth-order valence-electron chi connectivity index (χ4n) is 1.37. The molecule has 0 heterocycles. The molecule has 15 heavy (non-hydrogen) atoms. The standard InChI is InChI=1S/C10H10ClNO2S/c1-3-8-4-10(15(11,13)14)5-9(6-12)7(8)2/h4-5H,3H2,1-2H3. The molecule has 0 aromatic heterocycles. The third-order valence-corrected chi connectivity index (χ3v) is 3.60. The fraction of sp³-hybridized carbons (Fsp3) is 0.300. The molecule has 0 aliphatic rings. The third-order valence-electron chi connectivity index (χ3n) is 2.27. The number of hydrogen-bond acceptors (Lipinski definition) is 3. The zero-order valence-corrected chi connectivity index (χ0v) is 9.98. The Bertz CT molecular complexity index is 529. The van der Waals surface area contributed by atoms with Gasteiger partial charge in [0.05, 0.1) is 16.5 Å². The van der Waals surface area contributed by atoms with Crippen LogP contribution >= 0.6 is 10.7 Å². The number of rotatable bonds is 2. The maximum Gasteiger partial charge on any atom is 0.261 e. The predicted octanol–water partition coefficient (Wildman–Crippen LogP) is 2.36. The van der Waals surface area contributed by atoms with E-state index in [-0.39, 0.29) is 4.90 Å². The lowest BCUT2D eigenvalue weighted by atomic mass is 10.0. The van der Waals surface area contributed by atoms with E-state index in [1.165, 1.54) is 12.1 Å². The number of aryl methyl sites for hydroxylation is 1. The number of halogens is 1. The van der Waals surface area contributed by atoms with Crippen LogP contribution in [0.25, 0.3) is 0 Å². The molecule has 0 amide bonds. The number of nitrogens with zero attached hydrogens (tertiary/aromatic N) is 1. The highest BCUT2D eigenvalue weighted by atomic mass is 35.7. The van der Waals surface area contributed by atoms with Crippen LogP contribution in [0.3, 0.4) is 0 Å².